The van der Waals surface area contributed by atoms with Gasteiger partial charge in [0.05, 0.1) is 12.2 Å². The van der Waals surface area contributed by atoms with Crippen LogP contribution in [0.3, 0.4) is 0 Å². The number of thiophene rings is 1. The highest BCUT2D eigenvalue weighted by Gasteiger charge is 2.12. The number of nitrogens with one attached hydrogen (secondary N) is 2. The van der Waals surface area contributed by atoms with Crippen molar-refractivity contribution in [3.8, 4) is 11.5 Å². The maximum absolute atomic E-state index is 12.4. The summed E-state index contributed by atoms with van der Waals surface area (Å²) < 4.78 is 8.01. The molecule has 0 saturated carbocycles. The predicted octanol–water partition coefficient (Wildman–Crippen LogP) is 5.62. The number of amides is 1. The van der Waals surface area contributed by atoms with Crippen LogP contribution >= 0.6 is 27.3 Å². The van der Waals surface area contributed by atoms with E-state index in [0.29, 0.717) is 22.7 Å². The number of anilines is 1. The highest BCUT2D eigenvalue weighted by atomic mass is 79.9. The monoisotopic (exact) mass is 482 g/mol. The Morgan fingerprint density at radius 2 is 1.87 bits per heavy atom. The first-order chi connectivity index (χ1) is 14.6. The van der Waals surface area contributed by atoms with E-state index in [4.69, 9.17) is 4.74 Å². The summed E-state index contributed by atoms with van der Waals surface area (Å²) >= 11 is 5.03. The number of rotatable bonds is 7. The van der Waals surface area contributed by atoms with Crippen molar-refractivity contribution in [1.29, 1.82) is 0 Å². The van der Waals surface area contributed by atoms with Crippen LogP contribution in [0.25, 0.3) is 10.1 Å². The van der Waals surface area contributed by atoms with Gasteiger partial charge in [-0.25, -0.2) is 0 Å². The summed E-state index contributed by atoms with van der Waals surface area (Å²) in [6.07, 6.45) is -0.978. The third kappa shape index (κ3) is 4.99. The maximum Gasteiger partial charge on any atom is 0.251 e. The van der Waals surface area contributed by atoms with Gasteiger partial charge >= 0.3 is 0 Å². The predicted molar refractivity (Wildman–Crippen MR) is 124 cm³/mol. The maximum atomic E-state index is 12.4. The van der Waals surface area contributed by atoms with E-state index in [-0.39, 0.29) is 12.5 Å². The fraction of sp³-hybridized carbons (Fsp3) is 0.0870. The van der Waals surface area contributed by atoms with E-state index >= 15 is 0 Å². The van der Waals surface area contributed by atoms with E-state index in [1.165, 1.54) is 0 Å². The zero-order valence-electron chi connectivity index (χ0n) is 15.8. The Hall–Kier alpha value is -2.87. The van der Waals surface area contributed by atoms with Crippen molar-refractivity contribution in [3.63, 3.8) is 0 Å². The van der Waals surface area contributed by atoms with Crippen molar-refractivity contribution in [1.82, 2.24) is 5.32 Å². The molecule has 1 heterocycles. The Bertz CT molecular complexity index is 1160. The number of carbonyl (C=O) groups is 1. The number of hydrogen-bond acceptors (Lipinski definition) is 5. The van der Waals surface area contributed by atoms with Crippen LogP contribution in [0.1, 0.15) is 10.4 Å². The van der Waals surface area contributed by atoms with Crippen molar-refractivity contribution < 1.29 is 14.6 Å². The lowest BCUT2D eigenvalue weighted by atomic mass is 10.1. The van der Waals surface area contributed by atoms with Gasteiger partial charge in [0.2, 0.25) is 0 Å². The van der Waals surface area contributed by atoms with Gasteiger partial charge in [-0.2, -0.15) is 0 Å². The van der Waals surface area contributed by atoms with Crippen molar-refractivity contribution >= 4 is 48.9 Å². The minimum absolute atomic E-state index is 0.0487. The molecule has 0 aliphatic heterocycles. The third-order valence-electron chi connectivity index (χ3n) is 4.42. The van der Waals surface area contributed by atoms with E-state index in [1.54, 1.807) is 17.4 Å². The zero-order chi connectivity index (χ0) is 20.9. The molecule has 4 aromatic rings. The first kappa shape index (κ1) is 20.4. The van der Waals surface area contributed by atoms with Gasteiger partial charge in [-0.3, -0.25) is 4.79 Å². The van der Waals surface area contributed by atoms with Gasteiger partial charge < -0.3 is 20.5 Å². The van der Waals surface area contributed by atoms with E-state index < -0.39 is 6.23 Å². The number of carbonyl (C=O) groups excluding carboxylic acids is 1. The summed E-state index contributed by atoms with van der Waals surface area (Å²) in [5.41, 5.74) is 1.19. The molecule has 0 aliphatic rings. The fourth-order valence-corrected chi connectivity index (χ4v) is 3.97. The van der Waals surface area contributed by atoms with Crippen LogP contribution in [0.5, 0.6) is 11.5 Å². The summed E-state index contributed by atoms with van der Waals surface area (Å²) in [7, 11) is 0. The molecule has 1 aromatic heterocycles. The Balaban J connectivity index is 1.37. The van der Waals surface area contributed by atoms with Gasteiger partial charge in [-0.05, 0) is 71.4 Å². The average Bonchev–Trinajstić information content (AvgIpc) is 3.23. The van der Waals surface area contributed by atoms with Crippen LogP contribution in [-0.4, -0.2) is 23.8 Å². The topological polar surface area (TPSA) is 70.6 Å². The molecule has 3 aromatic carbocycles. The molecule has 0 radical (unpaired) electrons. The molecule has 152 valence electrons. The van der Waals surface area contributed by atoms with Crippen molar-refractivity contribution in [2.24, 2.45) is 0 Å². The number of para-hydroxylation sites is 2. The Morgan fingerprint density at radius 3 is 2.70 bits per heavy atom. The lowest BCUT2D eigenvalue weighted by molar-refractivity contribution is 0.0927. The largest absolute Gasteiger partial charge is 0.455 e. The van der Waals surface area contributed by atoms with Gasteiger partial charge in [-0.15, -0.1) is 11.3 Å². The second-order valence-corrected chi connectivity index (χ2v) is 8.46. The quantitative estimate of drug-likeness (QED) is 0.299. The summed E-state index contributed by atoms with van der Waals surface area (Å²) in [6, 6.07) is 22.4. The molecule has 4 rings (SSSR count). The first-order valence-corrected chi connectivity index (χ1v) is 11.0. The van der Waals surface area contributed by atoms with Crippen LogP contribution in [0.4, 0.5) is 5.69 Å². The normalized spacial score (nSPS) is 11.8. The lowest BCUT2D eigenvalue weighted by Gasteiger charge is -2.18. The second-order valence-electron chi connectivity index (χ2n) is 6.60. The average molecular weight is 483 g/mol. The SMILES string of the molecule is O=C(NCC(O)Nc1ccccc1Oc1ccc(Br)cc1)c1ccc2sccc2c1. The highest BCUT2D eigenvalue weighted by molar-refractivity contribution is 9.10. The standard InChI is InChI=1S/C23H19BrN2O3S/c24-17-6-8-18(9-7-17)29-20-4-2-1-3-19(20)26-22(27)14-25-23(28)16-5-10-21-15(13-16)11-12-30-21/h1-13,22,26-27H,14H2,(H,25,28). The first-order valence-electron chi connectivity index (χ1n) is 9.31. The lowest BCUT2D eigenvalue weighted by Crippen LogP contribution is -2.36. The Morgan fingerprint density at radius 1 is 1.07 bits per heavy atom. The smallest absolute Gasteiger partial charge is 0.251 e. The number of aliphatic hydroxyl groups excluding tert-OH is 1. The molecule has 0 bridgehead atoms. The third-order valence-corrected chi connectivity index (χ3v) is 5.85. The summed E-state index contributed by atoms with van der Waals surface area (Å²) in [6.45, 7) is 0.0487. The van der Waals surface area contributed by atoms with Gasteiger partial charge in [-0.1, -0.05) is 28.1 Å². The number of benzene rings is 3. The number of hydrogen-bond donors (Lipinski definition) is 3. The van der Waals surface area contributed by atoms with Crippen LogP contribution in [0.15, 0.2) is 82.6 Å². The summed E-state index contributed by atoms with van der Waals surface area (Å²) in [4.78, 5) is 12.4. The number of aliphatic hydroxyl groups is 1. The summed E-state index contributed by atoms with van der Waals surface area (Å²) in [5.74, 6) is 1.02. The van der Waals surface area contributed by atoms with E-state index in [2.05, 4.69) is 26.6 Å². The molecule has 3 N–H and O–H groups in total. The summed E-state index contributed by atoms with van der Waals surface area (Å²) in [5, 5.41) is 19.1. The molecule has 1 atom stereocenters. The molecule has 0 fully saturated rings. The van der Waals surface area contributed by atoms with Gasteiger partial charge in [0, 0.05) is 14.7 Å². The van der Waals surface area contributed by atoms with Gasteiger partial charge in [0.1, 0.15) is 12.0 Å². The molecule has 1 amide bonds. The molecular formula is C23H19BrN2O3S. The van der Waals surface area contributed by atoms with Crippen LogP contribution in [-0.2, 0) is 0 Å². The van der Waals surface area contributed by atoms with Crippen LogP contribution in [0.2, 0.25) is 0 Å². The van der Waals surface area contributed by atoms with E-state index in [0.717, 1.165) is 14.6 Å². The minimum Gasteiger partial charge on any atom is -0.455 e. The molecular weight excluding hydrogens is 464 g/mol. The molecule has 30 heavy (non-hydrogen) atoms. The Kier molecular flexibility index (Phi) is 6.32. The van der Waals surface area contributed by atoms with Gasteiger partial charge in [0.15, 0.2) is 5.75 Å². The van der Waals surface area contributed by atoms with Crippen molar-refractivity contribution in [3.05, 3.63) is 88.2 Å². The van der Waals surface area contributed by atoms with Crippen molar-refractivity contribution in [2.75, 3.05) is 11.9 Å². The number of halogens is 1. The molecule has 7 heteroatoms. The van der Waals surface area contributed by atoms with E-state index in [1.807, 2.05) is 72.1 Å². The molecule has 1 unspecified atom stereocenters. The Labute approximate surface area is 186 Å². The minimum atomic E-state index is -0.978. The van der Waals surface area contributed by atoms with Crippen LogP contribution < -0.4 is 15.4 Å². The molecule has 0 spiro atoms. The van der Waals surface area contributed by atoms with Gasteiger partial charge in [0.25, 0.3) is 5.91 Å². The van der Waals surface area contributed by atoms with Crippen LogP contribution in [0, 0.1) is 0 Å². The van der Waals surface area contributed by atoms with Crippen molar-refractivity contribution in [2.45, 2.75) is 6.23 Å². The second kappa shape index (κ2) is 9.30. The fourth-order valence-electron chi connectivity index (χ4n) is 2.93. The molecule has 0 aliphatic carbocycles. The number of fused-ring (bicyclic) bond motifs is 1. The van der Waals surface area contributed by atoms with E-state index in [9.17, 15) is 9.90 Å². The highest BCUT2D eigenvalue weighted by Crippen LogP contribution is 2.30. The molecule has 0 saturated heterocycles. The number of ether oxygens (including phenoxy) is 1. The zero-order valence-corrected chi connectivity index (χ0v) is 18.2. The molecule has 5 nitrogen and oxygen atoms in total.